The van der Waals surface area contributed by atoms with Crippen molar-refractivity contribution in [3.05, 3.63) is 78.8 Å². The third-order valence-corrected chi connectivity index (χ3v) is 6.07. The molecule has 0 radical (unpaired) electrons. The second-order valence-corrected chi connectivity index (χ2v) is 8.48. The standard InChI is InChI=1S/C26H27N5O2/c1-29(2)21-10-7-9-20(15-21)27-26(32)30-16-19(17-30)25-28-24(23-12-4-5-13-31(23)25)18-8-6-11-22(14-18)33-3/h4-15,19H,16-17H2,1-3H3,(H,27,32). The molecule has 7 heteroatoms. The zero-order chi connectivity index (χ0) is 22.9. The van der Waals surface area contributed by atoms with E-state index in [1.807, 2.05) is 90.8 Å². The molecule has 2 amide bonds. The van der Waals surface area contributed by atoms with Crippen LogP contribution in [0.2, 0.25) is 0 Å². The lowest BCUT2D eigenvalue weighted by Crippen LogP contribution is -2.50. The fourth-order valence-corrected chi connectivity index (χ4v) is 4.20. The third kappa shape index (κ3) is 3.98. The van der Waals surface area contributed by atoms with Gasteiger partial charge >= 0.3 is 6.03 Å². The van der Waals surface area contributed by atoms with Gasteiger partial charge in [0.05, 0.1) is 24.2 Å². The number of hydrogen-bond acceptors (Lipinski definition) is 4. The minimum atomic E-state index is -0.0870. The number of ether oxygens (including phenoxy) is 1. The Kier molecular flexibility index (Phi) is 5.38. The molecule has 33 heavy (non-hydrogen) atoms. The van der Waals surface area contributed by atoms with Gasteiger partial charge in [-0.25, -0.2) is 9.78 Å². The van der Waals surface area contributed by atoms with Crippen molar-refractivity contribution in [2.24, 2.45) is 0 Å². The quantitative estimate of drug-likeness (QED) is 0.487. The van der Waals surface area contributed by atoms with E-state index in [1.165, 1.54) is 0 Å². The number of urea groups is 1. The predicted octanol–water partition coefficient (Wildman–Crippen LogP) is 4.71. The summed E-state index contributed by atoms with van der Waals surface area (Å²) in [7, 11) is 5.63. The van der Waals surface area contributed by atoms with E-state index in [0.29, 0.717) is 13.1 Å². The molecule has 0 spiro atoms. The van der Waals surface area contributed by atoms with Crippen molar-refractivity contribution in [3.8, 4) is 17.0 Å². The molecule has 0 unspecified atom stereocenters. The van der Waals surface area contributed by atoms with E-state index in [9.17, 15) is 4.79 Å². The van der Waals surface area contributed by atoms with E-state index in [2.05, 4.69) is 15.8 Å². The van der Waals surface area contributed by atoms with Gasteiger partial charge in [0.1, 0.15) is 11.6 Å². The minimum Gasteiger partial charge on any atom is -0.497 e. The number of hydrogen-bond donors (Lipinski definition) is 1. The molecule has 1 fully saturated rings. The van der Waals surface area contributed by atoms with Crippen molar-refractivity contribution in [1.29, 1.82) is 0 Å². The first-order valence-corrected chi connectivity index (χ1v) is 11.0. The Morgan fingerprint density at radius 1 is 1.06 bits per heavy atom. The number of carbonyl (C=O) groups is 1. The second kappa shape index (κ2) is 8.50. The number of benzene rings is 2. The summed E-state index contributed by atoms with van der Waals surface area (Å²) in [4.78, 5) is 21.6. The summed E-state index contributed by atoms with van der Waals surface area (Å²) < 4.78 is 7.53. The lowest BCUT2D eigenvalue weighted by molar-refractivity contribution is 0.160. The van der Waals surface area contributed by atoms with Crippen LogP contribution in [0.3, 0.4) is 0 Å². The van der Waals surface area contributed by atoms with Gasteiger partial charge in [0.2, 0.25) is 0 Å². The fourth-order valence-electron chi connectivity index (χ4n) is 4.20. The van der Waals surface area contributed by atoms with E-state index in [1.54, 1.807) is 7.11 Å². The van der Waals surface area contributed by atoms with Crippen LogP contribution in [0.4, 0.5) is 16.2 Å². The van der Waals surface area contributed by atoms with Gasteiger partial charge in [-0.3, -0.25) is 0 Å². The summed E-state index contributed by atoms with van der Waals surface area (Å²) in [5, 5.41) is 3.01. The lowest BCUT2D eigenvalue weighted by Gasteiger charge is -2.38. The van der Waals surface area contributed by atoms with Crippen LogP contribution in [-0.4, -0.2) is 54.6 Å². The van der Waals surface area contributed by atoms with Crippen LogP contribution in [0.15, 0.2) is 72.9 Å². The highest BCUT2D eigenvalue weighted by atomic mass is 16.5. The maximum absolute atomic E-state index is 12.8. The van der Waals surface area contributed by atoms with Crippen molar-refractivity contribution in [2.45, 2.75) is 5.92 Å². The normalized spacial score (nSPS) is 13.6. The van der Waals surface area contributed by atoms with Gasteiger partial charge in [0.25, 0.3) is 0 Å². The molecule has 1 aliphatic rings. The average molecular weight is 442 g/mol. The van der Waals surface area contributed by atoms with Gasteiger partial charge in [0, 0.05) is 50.3 Å². The number of rotatable bonds is 5. The van der Waals surface area contributed by atoms with Gasteiger partial charge in [-0.05, 0) is 42.5 Å². The number of nitrogens with one attached hydrogen (secondary N) is 1. The molecule has 4 aromatic rings. The third-order valence-electron chi connectivity index (χ3n) is 6.07. The Bertz CT molecular complexity index is 1310. The van der Waals surface area contributed by atoms with E-state index < -0.39 is 0 Å². The predicted molar refractivity (Wildman–Crippen MR) is 131 cm³/mol. The van der Waals surface area contributed by atoms with Crippen LogP contribution in [0.25, 0.3) is 16.8 Å². The molecule has 0 saturated carbocycles. The molecule has 168 valence electrons. The highest BCUT2D eigenvalue weighted by Crippen LogP contribution is 2.33. The van der Waals surface area contributed by atoms with Crippen molar-refractivity contribution < 1.29 is 9.53 Å². The Morgan fingerprint density at radius 3 is 2.67 bits per heavy atom. The molecule has 3 heterocycles. The zero-order valence-corrected chi connectivity index (χ0v) is 19.0. The van der Waals surface area contributed by atoms with E-state index >= 15 is 0 Å². The molecule has 0 aliphatic carbocycles. The van der Waals surface area contributed by atoms with Crippen LogP contribution in [0, 0.1) is 0 Å². The number of amides is 2. The number of fused-ring (bicyclic) bond motifs is 1. The molecule has 1 N–H and O–H groups in total. The molecule has 2 aromatic heterocycles. The lowest BCUT2D eigenvalue weighted by atomic mass is 10.00. The Morgan fingerprint density at radius 2 is 1.88 bits per heavy atom. The van der Waals surface area contributed by atoms with Gasteiger partial charge in [0.15, 0.2) is 0 Å². The van der Waals surface area contributed by atoms with Crippen LogP contribution in [0.1, 0.15) is 11.7 Å². The largest absolute Gasteiger partial charge is 0.497 e. The number of likely N-dealkylation sites (tertiary alicyclic amines) is 1. The maximum Gasteiger partial charge on any atom is 0.321 e. The molecular formula is C26H27N5O2. The first kappa shape index (κ1) is 20.9. The van der Waals surface area contributed by atoms with E-state index in [-0.39, 0.29) is 11.9 Å². The molecular weight excluding hydrogens is 414 g/mol. The summed E-state index contributed by atoms with van der Waals surface area (Å²) in [5.41, 5.74) is 4.82. The van der Waals surface area contributed by atoms with Gasteiger partial charge in [-0.1, -0.05) is 24.3 Å². The van der Waals surface area contributed by atoms with Gasteiger partial charge in [-0.2, -0.15) is 0 Å². The van der Waals surface area contributed by atoms with Crippen LogP contribution in [-0.2, 0) is 0 Å². The van der Waals surface area contributed by atoms with Crippen LogP contribution in [0.5, 0.6) is 5.75 Å². The highest BCUT2D eigenvalue weighted by Gasteiger charge is 2.35. The summed E-state index contributed by atoms with van der Waals surface area (Å²) in [6.07, 6.45) is 2.04. The minimum absolute atomic E-state index is 0.0870. The van der Waals surface area contributed by atoms with Crippen LogP contribution >= 0.6 is 0 Å². The summed E-state index contributed by atoms with van der Waals surface area (Å²) in [6, 6.07) is 21.8. The number of aromatic nitrogens is 2. The number of anilines is 2. The van der Waals surface area contributed by atoms with E-state index in [4.69, 9.17) is 9.72 Å². The maximum atomic E-state index is 12.8. The van der Waals surface area contributed by atoms with Crippen molar-refractivity contribution >= 4 is 22.9 Å². The van der Waals surface area contributed by atoms with Crippen molar-refractivity contribution in [2.75, 3.05) is 44.5 Å². The number of pyridine rings is 1. The first-order valence-electron chi connectivity index (χ1n) is 11.0. The van der Waals surface area contributed by atoms with Crippen molar-refractivity contribution in [3.63, 3.8) is 0 Å². The first-order chi connectivity index (χ1) is 16.0. The smallest absolute Gasteiger partial charge is 0.321 e. The van der Waals surface area contributed by atoms with Gasteiger partial charge in [-0.15, -0.1) is 0 Å². The number of methoxy groups -OCH3 is 1. The monoisotopic (exact) mass is 441 g/mol. The highest BCUT2D eigenvalue weighted by molar-refractivity contribution is 5.90. The number of imidazole rings is 1. The summed E-state index contributed by atoms with van der Waals surface area (Å²) in [5.74, 6) is 1.95. The SMILES string of the molecule is COc1cccc(-c2nc(C3CN(C(=O)Nc4cccc(N(C)C)c4)C3)n3ccccc23)c1. The second-order valence-electron chi connectivity index (χ2n) is 8.48. The topological polar surface area (TPSA) is 62.1 Å². The Balaban J connectivity index is 1.34. The van der Waals surface area contributed by atoms with E-state index in [0.717, 1.165) is 39.7 Å². The Labute approximate surface area is 193 Å². The number of carbonyl (C=O) groups excluding carboxylic acids is 1. The molecule has 5 rings (SSSR count). The average Bonchev–Trinajstić information content (AvgIpc) is 3.18. The molecule has 1 saturated heterocycles. The summed E-state index contributed by atoms with van der Waals surface area (Å²) in [6.45, 7) is 1.26. The van der Waals surface area contributed by atoms with Crippen molar-refractivity contribution in [1.82, 2.24) is 14.3 Å². The van der Waals surface area contributed by atoms with Gasteiger partial charge < -0.3 is 24.3 Å². The Hall–Kier alpha value is -4.00. The molecule has 2 aromatic carbocycles. The zero-order valence-electron chi connectivity index (χ0n) is 19.0. The van der Waals surface area contributed by atoms with Crippen LogP contribution < -0.4 is 15.0 Å². The fraction of sp³-hybridized carbons (Fsp3) is 0.231. The number of nitrogens with zero attached hydrogens (tertiary/aromatic N) is 4. The molecule has 7 nitrogen and oxygen atoms in total. The molecule has 1 aliphatic heterocycles. The molecule has 0 bridgehead atoms. The summed E-state index contributed by atoms with van der Waals surface area (Å²) >= 11 is 0. The molecule has 0 atom stereocenters.